The van der Waals surface area contributed by atoms with E-state index in [1.165, 1.54) is 24.8 Å². The summed E-state index contributed by atoms with van der Waals surface area (Å²) >= 11 is 0. The Kier molecular flexibility index (Phi) is 2.23. The van der Waals surface area contributed by atoms with Gasteiger partial charge in [-0.3, -0.25) is 0 Å². The largest absolute Gasteiger partial charge is 0.393 e. The predicted molar refractivity (Wildman–Crippen MR) is 54.4 cm³/mol. The molecule has 0 spiro atoms. The molecular formula is C12H20O. The lowest BCUT2D eigenvalue weighted by atomic mass is 9.60. The number of fused-ring (bicyclic) bond motifs is 1. The van der Waals surface area contributed by atoms with Crippen molar-refractivity contribution in [3.05, 3.63) is 11.6 Å². The van der Waals surface area contributed by atoms with Crippen molar-refractivity contribution in [1.29, 1.82) is 0 Å². The molecule has 13 heavy (non-hydrogen) atoms. The van der Waals surface area contributed by atoms with Crippen molar-refractivity contribution in [3.8, 4) is 0 Å². The first-order chi connectivity index (χ1) is 6.13. The quantitative estimate of drug-likeness (QED) is 0.568. The van der Waals surface area contributed by atoms with Crippen molar-refractivity contribution >= 4 is 0 Å². The molecule has 0 unspecified atom stereocenters. The molecule has 2 aliphatic carbocycles. The molecule has 3 atom stereocenters. The van der Waals surface area contributed by atoms with Gasteiger partial charge >= 0.3 is 0 Å². The van der Waals surface area contributed by atoms with Gasteiger partial charge in [-0.25, -0.2) is 0 Å². The summed E-state index contributed by atoms with van der Waals surface area (Å²) in [4.78, 5) is 0. The van der Waals surface area contributed by atoms with E-state index < -0.39 is 0 Å². The van der Waals surface area contributed by atoms with E-state index in [-0.39, 0.29) is 6.10 Å². The standard InChI is InChI=1S/C12H20O/c1-9-4-3-5-10-8-11(13)6-7-12(9,10)2/h5,9,11,13H,3-4,6-8H2,1-2H3/t9-,11+,12+/m0/s1. The zero-order valence-electron chi connectivity index (χ0n) is 8.71. The van der Waals surface area contributed by atoms with Crippen LogP contribution in [0.25, 0.3) is 0 Å². The molecule has 2 aliphatic rings. The fourth-order valence-electron chi connectivity index (χ4n) is 2.92. The summed E-state index contributed by atoms with van der Waals surface area (Å²) in [7, 11) is 0. The predicted octanol–water partition coefficient (Wildman–Crippen LogP) is 2.89. The minimum absolute atomic E-state index is 0.0652. The highest BCUT2D eigenvalue weighted by molar-refractivity contribution is 5.21. The fraction of sp³-hybridized carbons (Fsp3) is 0.833. The van der Waals surface area contributed by atoms with Crippen molar-refractivity contribution < 1.29 is 5.11 Å². The van der Waals surface area contributed by atoms with Gasteiger partial charge in [0.2, 0.25) is 0 Å². The topological polar surface area (TPSA) is 20.2 Å². The minimum Gasteiger partial charge on any atom is -0.393 e. The van der Waals surface area contributed by atoms with Crippen molar-refractivity contribution in [2.24, 2.45) is 11.3 Å². The molecule has 0 radical (unpaired) electrons. The zero-order valence-corrected chi connectivity index (χ0v) is 8.71. The molecule has 1 fully saturated rings. The van der Waals surface area contributed by atoms with Crippen molar-refractivity contribution in [3.63, 3.8) is 0 Å². The Morgan fingerprint density at radius 3 is 3.00 bits per heavy atom. The second-order valence-electron chi connectivity index (χ2n) is 5.02. The molecular weight excluding hydrogens is 160 g/mol. The Balaban J connectivity index is 2.25. The van der Waals surface area contributed by atoms with Gasteiger partial charge in [-0.05, 0) is 43.4 Å². The van der Waals surface area contributed by atoms with E-state index in [9.17, 15) is 5.11 Å². The molecule has 0 bridgehead atoms. The van der Waals surface area contributed by atoms with E-state index in [2.05, 4.69) is 19.9 Å². The Morgan fingerprint density at radius 1 is 1.46 bits per heavy atom. The molecule has 1 N–H and O–H groups in total. The second kappa shape index (κ2) is 3.13. The van der Waals surface area contributed by atoms with Gasteiger partial charge < -0.3 is 5.11 Å². The van der Waals surface area contributed by atoms with Crippen LogP contribution in [0.1, 0.15) is 46.0 Å². The minimum atomic E-state index is -0.0652. The first-order valence-electron chi connectivity index (χ1n) is 5.50. The van der Waals surface area contributed by atoms with Crippen LogP contribution in [0.5, 0.6) is 0 Å². The number of hydrogen-bond acceptors (Lipinski definition) is 1. The summed E-state index contributed by atoms with van der Waals surface area (Å²) in [6, 6.07) is 0. The summed E-state index contributed by atoms with van der Waals surface area (Å²) in [6.45, 7) is 4.75. The van der Waals surface area contributed by atoms with Crippen molar-refractivity contribution in [1.82, 2.24) is 0 Å². The normalized spacial score (nSPS) is 45.3. The lowest BCUT2D eigenvalue weighted by Gasteiger charge is -2.45. The van der Waals surface area contributed by atoms with Gasteiger partial charge in [0.1, 0.15) is 0 Å². The van der Waals surface area contributed by atoms with Crippen LogP contribution in [0, 0.1) is 11.3 Å². The zero-order chi connectivity index (χ0) is 9.47. The van der Waals surface area contributed by atoms with Crippen LogP contribution in [0.3, 0.4) is 0 Å². The molecule has 74 valence electrons. The molecule has 0 aromatic rings. The van der Waals surface area contributed by atoms with Gasteiger partial charge in [0.05, 0.1) is 6.10 Å². The number of allylic oxidation sites excluding steroid dienone is 1. The molecule has 0 amide bonds. The number of aliphatic hydroxyl groups excluding tert-OH is 1. The van der Waals surface area contributed by atoms with Crippen molar-refractivity contribution in [2.45, 2.75) is 52.1 Å². The summed E-state index contributed by atoms with van der Waals surface area (Å²) in [5, 5.41) is 9.61. The van der Waals surface area contributed by atoms with E-state index in [1.54, 1.807) is 0 Å². The van der Waals surface area contributed by atoms with E-state index in [0.29, 0.717) is 5.41 Å². The Labute approximate surface area is 80.8 Å². The SMILES string of the molecule is C[C@H]1CCC=C2C[C@H](O)CC[C@@]21C. The van der Waals surface area contributed by atoms with E-state index in [4.69, 9.17) is 0 Å². The van der Waals surface area contributed by atoms with Crippen molar-refractivity contribution in [2.75, 3.05) is 0 Å². The average molecular weight is 180 g/mol. The van der Waals surface area contributed by atoms with Gasteiger partial charge in [-0.15, -0.1) is 0 Å². The molecule has 0 aliphatic heterocycles. The highest BCUT2D eigenvalue weighted by Gasteiger charge is 2.40. The third-order valence-corrected chi connectivity index (χ3v) is 4.26. The third-order valence-electron chi connectivity index (χ3n) is 4.26. The lowest BCUT2D eigenvalue weighted by Crippen LogP contribution is -2.36. The Morgan fingerprint density at radius 2 is 2.23 bits per heavy atom. The number of rotatable bonds is 0. The molecule has 1 nitrogen and oxygen atoms in total. The summed E-state index contributed by atoms with van der Waals surface area (Å²) in [5.41, 5.74) is 1.95. The third kappa shape index (κ3) is 1.43. The highest BCUT2D eigenvalue weighted by atomic mass is 16.3. The van der Waals surface area contributed by atoms with Gasteiger partial charge in [-0.2, -0.15) is 0 Å². The van der Waals surface area contributed by atoms with Crippen LogP contribution >= 0.6 is 0 Å². The summed E-state index contributed by atoms with van der Waals surface area (Å²) in [5.74, 6) is 0.806. The maximum absolute atomic E-state index is 9.61. The molecule has 0 saturated heterocycles. The molecule has 1 heteroatoms. The van der Waals surface area contributed by atoms with E-state index in [0.717, 1.165) is 18.8 Å². The number of hydrogen-bond donors (Lipinski definition) is 1. The second-order valence-corrected chi connectivity index (χ2v) is 5.02. The van der Waals surface area contributed by atoms with E-state index >= 15 is 0 Å². The maximum Gasteiger partial charge on any atom is 0.0577 e. The average Bonchev–Trinajstić information content (AvgIpc) is 2.09. The van der Waals surface area contributed by atoms with Crippen LogP contribution in [0.4, 0.5) is 0 Å². The Hall–Kier alpha value is -0.300. The summed E-state index contributed by atoms with van der Waals surface area (Å²) in [6.07, 6.45) is 7.97. The fourth-order valence-corrected chi connectivity index (χ4v) is 2.92. The number of aliphatic hydroxyl groups is 1. The molecule has 0 aromatic carbocycles. The van der Waals surface area contributed by atoms with Gasteiger partial charge in [-0.1, -0.05) is 25.5 Å². The molecule has 0 aromatic heterocycles. The van der Waals surface area contributed by atoms with Crippen LogP contribution in [-0.2, 0) is 0 Å². The molecule has 1 saturated carbocycles. The molecule has 0 heterocycles. The van der Waals surface area contributed by atoms with Crippen LogP contribution in [-0.4, -0.2) is 11.2 Å². The van der Waals surface area contributed by atoms with Gasteiger partial charge in [0, 0.05) is 0 Å². The van der Waals surface area contributed by atoms with Gasteiger partial charge in [0.25, 0.3) is 0 Å². The maximum atomic E-state index is 9.61. The molecule has 2 rings (SSSR count). The monoisotopic (exact) mass is 180 g/mol. The first-order valence-corrected chi connectivity index (χ1v) is 5.50. The highest BCUT2D eigenvalue weighted by Crippen LogP contribution is 2.50. The van der Waals surface area contributed by atoms with Gasteiger partial charge in [0.15, 0.2) is 0 Å². The summed E-state index contributed by atoms with van der Waals surface area (Å²) < 4.78 is 0. The first kappa shape index (κ1) is 9.26. The van der Waals surface area contributed by atoms with Crippen LogP contribution < -0.4 is 0 Å². The Bertz CT molecular complexity index is 231. The lowest BCUT2D eigenvalue weighted by molar-refractivity contribution is 0.0800. The van der Waals surface area contributed by atoms with Crippen LogP contribution in [0.15, 0.2) is 11.6 Å². The smallest absolute Gasteiger partial charge is 0.0577 e. The van der Waals surface area contributed by atoms with Crippen LogP contribution in [0.2, 0.25) is 0 Å². The van der Waals surface area contributed by atoms with E-state index in [1.807, 2.05) is 0 Å².